The van der Waals surface area contributed by atoms with Crippen molar-refractivity contribution in [1.82, 2.24) is 4.90 Å². The Morgan fingerprint density at radius 3 is 2.60 bits per heavy atom. The van der Waals surface area contributed by atoms with Crippen molar-refractivity contribution in [3.8, 4) is 0 Å². The van der Waals surface area contributed by atoms with E-state index in [4.69, 9.17) is 4.74 Å². The van der Waals surface area contributed by atoms with E-state index in [0.29, 0.717) is 12.8 Å². The largest absolute Gasteiger partial charge is 0.469 e. The lowest BCUT2D eigenvalue weighted by atomic mass is 9.98. The van der Waals surface area contributed by atoms with Crippen molar-refractivity contribution in [2.75, 3.05) is 13.7 Å². The molecular weight excluding hydrogens is 254 g/mol. The monoisotopic (exact) mass is 283 g/mol. The zero-order valence-electron chi connectivity index (χ0n) is 13.0. The van der Waals surface area contributed by atoms with E-state index in [1.807, 2.05) is 4.90 Å². The topological polar surface area (TPSA) is 46.6 Å². The lowest BCUT2D eigenvalue weighted by Crippen LogP contribution is -2.44. The zero-order chi connectivity index (χ0) is 14.8. The highest BCUT2D eigenvalue weighted by Gasteiger charge is 2.28. The van der Waals surface area contributed by atoms with Crippen LogP contribution in [0, 0.1) is 0 Å². The third kappa shape index (κ3) is 5.93. The first-order valence-corrected chi connectivity index (χ1v) is 8.05. The van der Waals surface area contributed by atoms with Crippen molar-refractivity contribution in [2.45, 2.75) is 77.2 Å². The van der Waals surface area contributed by atoms with Crippen LogP contribution in [-0.2, 0) is 14.3 Å². The van der Waals surface area contributed by atoms with E-state index in [0.717, 1.165) is 38.6 Å². The van der Waals surface area contributed by atoms with Gasteiger partial charge in [-0.05, 0) is 25.7 Å². The molecular formula is C16H29NO3. The van der Waals surface area contributed by atoms with Gasteiger partial charge in [-0.2, -0.15) is 0 Å². The Morgan fingerprint density at radius 1 is 1.15 bits per heavy atom. The van der Waals surface area contributed by atoms with E-state index in [1.165, 1.54) is 26.4 Å². The number of likely N-dealkylation sites (tertiary alicyclic amines) is 1. The molecule has 20 heavy (non-hydrogen) atoms. The van der Waals surface area contributed by atoms with Crippen LogP contribution in [0.15, 0.2) is 0 Å². The smallest absolute Gasteiger partial charge is 0.307 e. The lowest BCUT2D eigenvalue weighted by molar-refractivity contribution is -0.144. The molecule has 1 atom stereocenters. The summed E-state index contributed by atoms with van der Waals surface area (Å²) in [6.07, 6.45) is 9.85. The minimum Gasteiger partial charge on any atom is -0.469 e. The van der Waals surface area contributed by atoms with Crippen molar-refractivity contribution in [3.63, 3.8) is 0 Å². The molecule has 116 valence electrons. The molecule has 0 spiro atoms. The van der Waals surface area contributed by atoms with Gasteiger partial charge in [0.15, 0.2) is 0 Å². The van der Waals surface area contributed by atoms with Crippen molar-refractivity contribution >= 4 is 11.9 Å². The van der Waals surface area contributed by atoms with Crippen LogP contribution in [0.5, 0.6) is 0 Å². The van der Waals surface area contributed by atoms with Crippen LogP contribution in [-0.4, -0.2) is 36.5 Å². The number of amides is 1. The molecule has 1 amide bonds. The number of esters is 1. The van der Waals surface area contributed by atoms with Crippen molar-refractivity contribution in [3.05, 3.63) is 0 Å². The van der Waals surface area contributed by atoms with Gasteiger partial charge in [0.2, 0.25) is 5.91 Å². The number of hydrogen-bond donors (Lipinski definition) is 0. The predicted octanol–water partition coefficient (Wildman–Crippen LogP) is 3.29. The van der Waals surface area contributed by atoms with Gasteiger partial charge in [0.05, 0.1) is 13.5 Å². The lowest BCUT2D eigenvalue weighted by Gasteiger charge is -2.35. The number of hydrogen-bond acceptors (Lipinski definition) is 3. The number of methoxy groups -OCH3 is 1. The van der Waals surface area contributed by atoms with E-state index < -0.39 is 0 Å². The second-order valence-electron chi connectivity index (χ2n) is 5.68. The summed E-state index contributed by atoms with van der Waals surface area (Å²) >= 11 is 0. The molecule has 1 saturated heterocycles. The Kier molecular flexibility index (Phi) is 8.31. The summed E-state index contributed by atoms with van der Waals surface area (Å²) in [5.74, 6) is 0.00717. The van der Waals surface area contributed by atoms with E-state index in [9.17, 15) is 9.59 Å². The Hall–Kier alpha value is -1.06. The van der Waals surface area contributed by atoms with Gasteiger partial charge >= 0.3 is 5.97 Å². The normalized spacial score (nSPS) is 18.9. The number of nitrogens with zero attached hydrogens (tertiary/aromatic N) is 1. The zero-order valence-corrected chi connectivity index (χ0v) is 13.0. The first-order chi connectivity index (χ1) is 9.69. The molecule has 0 aromatic rings. The molecule has 0 aliphatic carbocycles. The highest BCUT2D eigenvalue weighted by molar-refractivity contribution is 5.78. The van der Waals surface area contributed by atoms with E-state index in [1.54, 1.807) is 0 Å². The van der Waals surface area contributed by atoms with Crippen molar-refractivity contribution in [2.24, 2.45) is 0 Å². The Balaban J connectivity index is 2.36. The SMILES string of the molecule is CCCCCCCC(=O)N1CCCCC1CC(=O)OC. The maximum Gasteiger partial charge on any atom is 0.307 e. The Labute approximate surface area is 122 Å². The van der Waals surface area contributed by atoms with Crippen molar-refractivity contribution in [1.29, 1.82) is 0 Å². The van der Waals surface area contributed by atoms with Gasteiger partial charge in [-0.1, -0.05) is 32.6 Å². The second-order valence-corrected chi connectivity index (χ2v) is 5.68. The average Bonchev–Trinajstić information content (AvgIpc) is 2.47. The molecule has 1 unspecified atom stereocenters. The molecule has 0 N–H and O–H groups in total. The van der Waals surface area contributed by atoms with Gasteiger partial charge in [0, 0.05) is 19.0 Å². The molecule has 0 saturated carbocycles. The highest BCUT2D eigenvalue weighted by atomic mass is 16.5. The van der Waals surface area contributed by atoms with Gasteiger partial charge in [-0.3, -0.25) is 9.59 Å². The second kappa shape index (κ2) is 9.78. The standard InChI is InChI=1S/C16H29NO3/c1-3-4-5-6-7-11-15(18)17-12-9-8-10-14(17)13-16(19)20-2/h14H,3-13H2,1-2H3. The fourth-order valence-electron chi connectivity index (χ4n) is 2.84. The van der Waals surface area contributed by atoms with Gasteiger partial charge in [-0.15, -0.1) is 0 Å². The summed E-state index contributed by atoms with van der Waals surface area (Å²) < 4.78 is 4.73. The molecule has 4 nitrogen and oxygen atoms in total. The van der Waals surface area contributed by atoms with Crippen LogP contribution in [0.2, 0.25) is 0 Å². The average molecular weight is 283 g/mol. The molecule has 1 aliphatic heterocycles. The Morgan fingerprint density at radius 2 is 1.90 bits per heavy atom. The summed E-state index contributed by atoms with van der Waals surface area (Å²) in [5, 5.41) is 0. The van der Waals surface area contributed by atoms with Crippen LogP contribution >= 0.6 is 0 Å². The molecule has 1 rings (SSSR count). The minimum atomic E-state index is -0.211. The summed E-state index contributed by atoms with van der Waals surface area (Å²) in [7, 11) is 1.41. The predicted molar refractivity (Wildman–Crippen MR) is 79.4 cm³/mol. The van der Waals surface area contributed by atoms with E-state index in [-0.39, 0.29) is 17.9 Å². The molecule has 1 aliphatic rings. The quantitative estimate of drug-likeness (QED) is 0.507. The summed E-state index contributed by atoms with van der Waals surface area (Å²) in [6, 6.07) is 0.0549. The number of ether oxygens (including phenoxy) is 1. The fraction of sp³-hybridized carbons (Fsp3) is 0.875. The first-order valence-electron chi connectivity index (χ1n) is 8.05. The number of carbonyl (C=O) groups excluding carboxylic acids is 2. The molecule has 1 heterocycles. The molecule has 0 radical (unpaired) electrons. The third-order valence-electron chi connectivity index (χ3n) is 4.07. The molecule has 0 bridgehead atoms. The van der Waals surface area contributed by atoms with Crippen LogP contribution < -0.4 is 0 Å². The number of piperidine rings is 1. The summed E-state index contributed by atoms with van der Waals surface area (Å²) in [4.78, 5) is 25.6. The number of unbranched alkanes of at least 4 members (excludes halogenated alkanes) is 4. The van der Waals surface area contributed by atoms with E-state index in [2.05, 4.69) is 6.92 Å². The summed E-state index contributed by atoms with van der Waals surface area (Å²) in [6.45, 7) is 2.99. The Bertz CT molecular complexity index is 304. The van der Waals surface area contributed by atoms with Gasteiger partial charge in [-0.25, -0.2) is 0 Å². The summed E-state index contributed by atoms with van der Waals surface area (Å²) in [5.41, 5.74) is 0. The van der Waals surface area contributed by atoms with Crippen LogP contribution in [0.3, 0.4) is 0 Å². The van der Waals surface area contributed by atoms with Gasteiger partial charge < -0.3 is 9.64 Å². The molecule has 1 fully saturated rings. The van der Waals surface area contributed by atoms with Crippen LogP contribution in [0.25, 0.3) is 0 Å². The van der Waals surface area contributed by atoms with Gasteiger partial charge in [0.1, 0.15) is 0 Å². The number of rotatable bonds is 8. The maximum atomic E-state index is 12.3. The molecule has 4 heteroatoms. The van der Waals surface area contributed by atoms with Crippen molar-refractivity contribution < 1.29 is 14.3 Å². The molecule has 0 aromatic carbocycles. The maximum absolute atomic E-state index is 12.3. The minimum absolute atomic E-state index is 0.0549. The third-order valence-corrected chi connectivity index (χ3v) is 4.07. The van der Waals surface area contributed by atoms with Crippen LogP contribution in [0.1, 0.15) is 71.1 Å². The fourth-order valence-corrected chi connectivity index (χ4v) is 2.84. The first kappa shape index (κ1) is 17.0. The van der Waals surface area contributed by atoms with E-state index >= 15 is 0 Å². The highest BCUT2D eigenvalue weighted by Crippen LogP contribution is 2.21. The van der Waals surface area contributed by atoms with Gasteiger partial charge in [0.25, 0.3) is 0 Å². The van der Waals surface area contributed by atoms with Crippen LogP contribution in [0.4, 0.5) is 0 Å². The molecule has 0 aromatic heterocycles. The number of carbonyl (C=O) groups is 2.